The van der Waals surface area contributed by atoms with Gasteiger partial charge in [-0.1, -0.05) is 0 Å². The zero-order valence-corrected chi connectivity index (χ0v) is 11.2. The van der Waals surface area contributed by atoms with E-state index in [1.54, 1.807) is 0 Å². The Morgan fingerprint density at radius 2 is 2.21 bits per heavy atom. The van der Waals surface area contributed by atoms with Crippen LogP contribution in [0.4, 0.5) is 0 Å². The molecule has 7 nitrogen and oxygen atoms in total. The summed E-state index contributed by atoms with van der Waals surface area (Å²) in [5, 5.41) is 16.8. The fraction of sp³-hybridized carbons (Fsp3) is 0.545. The van der Waals surface area contributed by atoms with Crippen LogP contribution in [0, 0.1) is 0 Å². The summed E-state index contributed by atoms with van der Waals surface area (Å²) in [6.07, 6.45) is 0. The molecule has 0 saturated carbocycles. The second-order valence-electron chi connectivity index (χ2n) is 4.23. The highest BCUT2D eigenvalue weighted by Gasteiger charge is 2.14. The summed E-state index contributed by atoms with van der Waals surface area (Å²) in [5.74, 6) is -1.11. The molecule has 19 heavy (non-hydrogen) atoms. The zero-order valence-electron chi connectivity index (χ0n) is 10.4. The first-order chi connectivity index (χ1) is 9.15. The van der Waals surface area contributed by atoms with Crippen molar-refractivity contribution in [3.05, 3.63) is 16.1 Å². The van der Waals surface area contributed by atoms with Gasteiger partial charge in [0.15, 0.2) is 5.69 Å². The molecule has 0 aliphatic carbocycles. The van der Waals surface area contributed by atoms with Crippen molar-refractivity contribution in [3.8, 4) is 0 Å². The third-order valence-electron chi connectivity index (χ3n) is 2.78. The van der Waals surface area contributed by atoms with Gasteiger partial charge in [0.2, 0.25) is 5.91 Å². The van der Waals surface area contributed by atoms with Crippen molar-refractivity contribution >= 4 is 23.2 Å². The maximum absolute atomic E-state index is 11.7. The summed E-state index contributed by atoms with van der Waals surface area (Å²) in [7, 11) is 0. The third-order valence-corrected chi connectivity index (χ3v) is 3.63. The minimum absolute atomic E-state index is 0.0244. The summed E-state index contributed by atoms with van der Waals surface area (Å²) >= 11 is 1.24. The lowest BCUT2D eigenvalue weighted by Crippen LogP contribution is -2.47. The van der Waals surface area contributed by atoms with Gasteiger partial charge < -0.3 is 15.7 Å². The average Bonchev–Trinajstić information content (AvgIpc) is 2.86. The Morgan fingerprint density at radius 3 is 2.84 bits per heavy atom. The van der Waals surface area contributed by atoms with Gasteiger partial charge in [0, 0.05) is 31.6 Å². The van der Waals surface area contributed by atoms with Crippen LogP contribution in [0.25, 0.3) is 0 Å². The Hall–Kier alpha value is -1.51. The molecule has 0 bridgehead atoms. The molecule has 3 N–H and O–H groups in total. The highest BCUT2D eigenvalue weighted by atomic mass is 32.1. The minimum atomic E-state index is -1.05. The summed E-state index contributed by atoms with van der Waals surface area (Å²) in [5.41, 5.74) is 0.0244. The first-order valence-corrected chi connectivity index (χ1v) is 6.90. The number of nitrogens with zero attached hydrogens (tertiary/aromatic N) is 2. The number of aromatic carboxylic acids is 1. The molecule has 0 atom stereocenters. The lowest BCUT2D eigenvalue weighted by molar-refractivity contribution is -0.122. The van der Waals surface area contributed by atoms with Crippen LogP contribution in [0.5, 0.6) is 0 Å². The number of carboxylic acid groups (broad SMARTS) is 1. The van der Waals surface area contributed by atoms with Gasteiger partial charge in [-0.2, -0.15) is 0 Å². The van der Waals surface area contributed by atoms with E-state index in [2.05, 4.69) is 20.5 Å². The Bertz CT molecular complexity index is 457. The van der Waals surface area contributed by atoms with E-state index in [4.69, 9.17) is 5.11 Å². The van der Waals surface area contributed by atoms with Crippen molar-refractivity contribution in [2.24, 2.45) is 0 Å². The smallest absolute Gasteiger partial charge is 0.355 e. The van der Waals surface area contributed by atoms with Crippen LogP contribution in [0.3, 0.4) is 0 Å². The van der Waals surface area contributed by atoms with E-state index in [0.717, 1.165) is 26.2 Å². The number of carbonyl (C=O) groups is 2. The molecule has 2 rings (SSSR count). The van der Waals surface area contributed by atoms with Gasteiger partial charge in [0.05, 0.1) is 13.1 Å². The third kappa shape index (κ3) is 4.27. The molecular weight excluding hydrogens is 268 g/mol. The predicted molar refractivity (Wildman–Crippen MR) is 70.2 cm³/mol. The maximum atomic E-state index is 11.7. The molecule has 2 heterocycles. The SMILES string of the molecule is O=C(CN1CCNCC1)NCc1nc(C(=O)O)cs1. The maximum Gasteiger partial charge on any atom is 0.355 e. The first kappa shape index (κ1) is 13.9. The molecule has 0 aromatic carbocycles. The first-order valence-electron chi connectivity index (χ1n) is 6.02. The largest absolute Gasteiger partial charge is 0.476 e. The Labute approximate surface area is 114 Å². The molecule has 0 spiro atoms. The predicted octanol–water partition coefficient (Wildman–Crippen LogP) is -0.637. The number of nitrogens with one attached hydrogen (secondary N) is 2. The van der Waals surface area contributed by atoms with Crippen LogP contribution < -0.4 is 10.6 Å². The van der Waals surface area contributed by atoms with Crippen LogP contribution in [0.1, 0.15) is 15.5 Å². The molecule has 1 aromatic heterocycles. The molecule has 0 radical (unpaired) electrons. The number of hydrogen-bond acceptors (Lipinski definition) is 6. The standard InChI is InChI=1S/C11H16N4O3S/c16-9(6-15-3-1-12-2-4-15)13-5-10-14-8(7-19-10)11(17)18/h7,12H,1-6H2,(H,13,16)(H,17,18). The Balaban J connectivity index is 1.74. The van der Waals surface area contributed by atoms with E-state index in [1.807, 2.05) is 0 Å². The van der Waals surface area contributed by atoms with Gasteiger partial charge in [-0.3, -0.25) is 9.69 Å². The molecule has 1 aliphatic rings. The fourth-order valence-corrected chi connectivity index (χ4v) is 2.50. The Kier molecular flexibility index (Phi) is 4.83. The average molecular weight is 284 g/mol. The number of rotatable bonds is 5. The van der Waals surface area contributed by atoms with Crippen LogP contribution >= 0.6 is 11.3 Å². The van der Waals surface area contributed by atoms with Gasteiger partial charge in [-0.25, -0.2) is 9.78 Å². The molecule has 1 fully saturated rings. The molecular formula is C11H16N4O3S. The van der Waals surface area contributed by atoms with Gasteiger partial charge in [-0.05, 0) is 0 Å². The van der Waals surface area contributed by atoms with Crippen molar-refractivity contribution in [1.82, 2.24) is 20.5 Å². The van der Waals surface area contributed by atoms with Gasteiger partial charge in [0.1, 0.15) is 5.01 Å². The number of aromatic nitrogens is 1. The molecule has 104 valence electrons. The number of carbonyl (C=O) groups excluding carboxylic acids is 1. The topological polar surface area (TPSA) is 94.6 Å². The van der Waals surface area contributed by atoms with E-state index in [-0.39, 0.29) is 18.1 Å². The highest BCUT2D eigenvalue weighted by Crippen LogP contribution is 2.09. The molecule has 1 saturated heterocycles. The number of thiazole rings is 1. The number of piperazine rings is 1. The second-order valence-corrected chi connectivity index (χ2v) is 5.18. The summed E-state index contributed by atoms with van der Waals surface area (Å²) in [6.45, 7) is 4.20. The van der Waals surface area contributed by atoms with Crippen LogP contribution in [0.2, 0.25) is 0 Å². The van der Waals surface area contributed by atoms with Crippen molar-refractivity contribution < 1.29 is 14.7 Å². The zero-order chi connectivity index (χ0) is 13.7. The fourth-order valence-electron chi connectivity index (χ4n) is 1.79. The number of carboxylic acids is 1. The van der Waals surface area contributed by atoms with Crippen molar-refractivity contribution in [1.29, 1.82) is 0 Å². The Morgan fingerprint density at radius 1 is 1.47 bits per heavy atom. The molecule has 0 unspecified atom stereocenters. The van der Waals surface area contributed by atoms with E-state index >= 15 is 0 Å². The van der Waals surface area contributed by atoms with Crippen molar-refractivity contribution in [3.63, 3.8) is 0 Å². The van der Waals surface area contributed by atoms with Gasteiger partial charge in [0.25, 0.3) is 0 Å². The van der Waals surface area contributed by atoms with Crippen molar-refractivity contribution in [2.75, 3.05) is 32.7 Å². The molecule has 1 aromatic rings. The second kappa shape index (κ2) is 6.60. The van der Waals surface area contributed by atoms with Gasteiger partial charge >= 0.3 is 5.97 Å². The van der Waals surface area contributed by atoms with Crippen LogP contribution in [-0.2, 0) is 11.3 Å². The van der Waals surface area contributed by atoms with Crippen LogP contribution in [0.15, 0.2) is 5.38 Å². The van der Waals surface area contributed by atoms with Crippen molar-refractivity contribution in [2.45, 2.75) is 6.54 Å². The molecule has 1 amide bonds. The highest BCUT2D eigenvalue weighted by molar-refractivity contribution is 7.09. The monoisotopic (exact) mass is 284 g/mol. The summed E-state index contributed by atoms with van der Waals surface area (Å²) in [6, 6.07) is 0. The van der Waals surface area contributed by atoms with E-state index in [9.17, 15) is 9.59 Å². The van der Waals surface area contributed by atoms with E-state index < -0.39 is 5.97 Å². The summed E-state index contributed by atoms with van der Waals surface area (Å²) < 4.78 is 0. The lowest BCUT2D eigenvalue weighted by atomic mass is 10.3. The molecule has 1 aliphatic heterocycles. The molecule has 8 heteroatoms. The quantitative estimate of drug-likeness (QED) is 0.666. The number of amides is 1. The minimum Gasteiger partial charge on any atom is -0.476 e. The number of hydrogen-bond donors (Lipinski definition) is 3. The summed E-state index contributed by atoms with van der Waals surface area (Å²) in [4.78, 5) is 28.4. The lowest BCUT2D eigenvalue weighted by Gasteiger charge is -2.26. The van der Waals surface area contributed by atoms with E-state index in [1.165, 1.54) is 16.7 Å². The van der Waals surface area contributed by atoms with E-state index in [0.29, 0.717) is 11.6 Å². The van der Waals surface area contributed by atoms with Gasteiger partial charge in [-0.15, -0.1) is 11.3 Å². The normalized spacial score (nSPS) is 16.2. The van der Waals surface area contributed by atoms with Crippen LogP contribution in [-0.4, -0.2) is 59.6 Å².